The van der Waals surface area contributed by atoms with Crippen LogP contribution in [-0.4, -0.2) is 67.3 Å². The smallest absolute Gasteiger partial charge is 0.289 e. The molecule has 0 spiro atoms. The molecule has 4 aromatic rings. The number of hydrogen-bond donors (Lipinski definition) is 0. The number of fused-ring (bicyclic) bond motifs is 2. The molecular weight excluding hydrogens is 444 g/mol. The summed E-state index contributed by atoms with van der Waals surface area (Å²) in [5, 5.41) is 1.15. The van der Waals surface area contributed by atoms with E-state index in [0.717, 1.165) is 58.8 Å². The second-order valence-corrected chi connectivity index (χ2v) is 9.66. The van der Waals surface area contributed by atoms with Crippen LogP contribution in [0.4, 0.5) is 5.13 Å². The van der Waals surface area contributed by atoms with Crippen molar-refractivity contribution in [1.82, 2.24) is 14.9 Å². The molecule has 0 aliphatic carbocycles. The quantitative estimate of drug-likeness (QED) is 0.422. The zero-order chi connectivity index (χ0) is 22.1. The van der Waals surface area contributed by atoms with E-state index in [1.165, 1.54) is 22.7 Å². The molecule has 1 aliphatic heterocycles. The summed E-state index contributed by atoms with van der Waals surface area (Å²) in [5.41, 5.74) is 2.75. The molecule has 0 unspecified atom stereocenters. The Hall–Kier alpha value is -2.59. The Morgan fingerprint density at radius 2 is 1.97 bits per heavy atom. The fraction of sp³-hybridized carbons (Fsp3) is 0.348. The molecule has 1 fully saturated rings. The maximum atomic E-state index is 13.7. The van der Waals surface area contributed by atoms with Crippen LogP contribution in [0.25, 0.3) is 20.4 Å². The topological polar surface area (TPSA) is 67.8 Å². The second kappa shape index (κ2) is 9.11. The molecule has 0 N–H and O–H groups in total. The van der Waals surface area contributed by atoms with Gasteiger partial charge in [-0.25, -0.2) is 9.97 Å². The van der Waals surface area contributed by atoms with Crippen molar-refractivity contribution in [2.45, 2.75) is 6.92 Å². The number of rotatable bonds is 6. The molecule has 3 heterocycles. The average molecular weight is 469 g/mol. The van der Waals surface area contributed by atoms with Gasteiger partial charge in [-0.1, -0.05) is 29.5 Å². The molecule has 2 aromatic heterocycles. The number of para-hydroxylation sites is 1. The third-order valence-electron chi connectivity index (χ3n) is 5.61. The van der Waals surface area contributed by atoms with Gasteiger partial charge in [-0.05, 0) is 30.7 Å². The Bertz CT molecular complexity index is 1230. The van der Waals surface area contributed by atoms with E-state index in [4.69, 9.17) is 14.5 Å². The first-order chi connectivity index (χ1) is 15.6. The number of ether oxygens (including phenoxy) is 2. The number of morpholine rings is 1. The number of hydrogen-bond acceptors (Lipinski definition) is 8. The van der Waals surface area contributed by atoms with Crippen LogP contribution in [0.5, 0.6) is 5.75 Å². The standard InChI is InChI=1S/C23H24N4O3S2/c1-15-7-8-17(29-2)19-20(15)32-23(25-19)27(10-9-26-11-13-30-14-12-26)22(28)21-24-16-5-3-4-6-18(16)31-21/h3-8H,9-14H2,1-2H3. The minimum Gasteiger partial charge on any atom is -0.494 e. The molecule has 0 saturated carbocycles. The number of carbonyl (C=O) groups is 1. The average Bonchev–Trinajstić information content (AvgIpc) is 3.45. The molecule has 5 rings (SSSR count). The van der Waals surface area contributed by atoms with E-state index < -0.39 is 0 Å². The van der Waals surface area contributed by atoms with Gasteiger partial charge in [-0.2, -0.15) is 0 Å². The van der Waals surface area contributed by atoms with Crippen LogP contribution < -0.4 is 9.64 Å². The number of amides is 1. The highest BCUT2D eigenvalue weighted by Gasteiger charge is 2.26. The van der Waals surface area contributed by atoms with Crippen LogP contribution in [0.3, 0.4) is 0 Å². The van der Waals surface area contributed by atoms with Gasteiger partial charge in [0.05, 0.1) is 35.2 Å². The van der Waals surface area contributed by atoms with E-state index in [1.807, 2.05) is 36.4 Å². The summed E-state index contributed by atoms with van der Waals surface area (Å²) in [5.74, 6) is 0.601. The van der Waals surface area contributed by atoms with Crippen molar-refractivity contribution in [2.24, 2.45) is 0 Å². The minimum atomic E-state index is -0.116. The summed E-state index contributed by atoms with van der Waals surface area (Å²) in [4.78, 5) is 27.2. The van der Waals surface area contributed by atoms with E-state index in [2.05, 4.69) is 16.8 Å². The van der Waals surface area contributed by atoms with Gasteiger partial charge < -0.3 is 9.47 Å². The third kappa shape index (κ3) is 4.09. The maximum Gasteiger partial charge on any atom is 0.289 e. The summed E-state index contributed by atoms with van der Waals surface area (Å²) in [7, 11) is 1.64. The number of carbonyl (C=O) groups excluding carboxylic acids is 1. The normalized spacial score (nSPS) is 14.8. The number of aryl methyl sites for hydroxylation is 1. The Kier molecular flexibility index (Phi) is 6.05. The lowest BCUT2D eigenvalue weighted by Crippen LogP contribution is -2.43. The van der Waals surface area contributed by atoms with E-state index in [-0.39, 0.29) is 5.91 Å². The van der Waals surface area contributed by atoms with Crippen LogP contribution in [0.2, 0.25) is 0 Å². The predicted molar refractivity (Wildman–Crippen MR) is 129 cm³/mol. The van der Waals surface area contributed by atoms with Gasteiger partial charge in [-0.3, -0.25) is 14.6 Å². The van der Waals surface area contributed by atoms with E-state index in [1.54, 1.807) is 12.0 Å². The lowest BCUT2D eigenvalue weighted by molar-refractivity contribution is 0.0391. The molecule has 7 nitrogen and oxygen atoms in total. The van der Waals surface area contributed by atoms with Crippen molar-refractivity contribution in [1.29, 1.82) is 0 Å². The SMILES string of the molecule is COc1ccc(C)c2sc(N(CCN3CCOCC3)C(=O)c3nc4ccccc4s3)nc12. The molecule has 32 heavy (non-hydrogen) atoms. The number of methoxy groups -OCH3 is 1. The summed E-state index contributed by atoms with van der Waals surface area (Å²) in [6.07, 6.45) is 0. The van der Waals surface area contributed by atoms with Gasteiger partial charge in [0.15, 0.2) is 10.1 Å². The fourth-order valence-electron chi connectivity index (χ4n) is 3.81. The first-order valence-electron chi connectivity index (χ1n) is 10.6. The highest BCUT2D eigenvalue weighted by Crippen LogP contribution is 2.37. The Morgan fingerprint density at radius 1 is 1.16 bits per heavy atom. The molecular formula is C23H24N4O3S2. The zero-order valence-corrected chi connectivity index (χ0v) is 19.7. The Morgan fingerprint density at radius 3 is 2.75 bits per heavy atom. The largest absolute Gasteiger partial charge is 0.494 e. The van der Waals surface area contributed by atoms with Crippen molar-refractivity contribution in [2.75, 3.05) is 51.4 Å². The van der Waals surface area contributed by atoms with Crippen LogP contribution in [0.15, 0.2) is 36.4 Å². The Balaban J connectivity index is 1.52. The van der Waals surface area contributed by atoms with E-state index >= 15 is 0 Å². The minimum absolute atomic E-state index is 0.116. The molecule has 2 aromatic carbocycles. The molecule has 0 radical (unpaired) electrons. The van der Waals surface area contributed by atoms with E-state index in [9.17, 15) is 4.79 Å². The number of benzene rings is 2. The van der Waals surface area contributed by atoms with Crippen LogP contribution >= 0.6 is 22.7 Å². The summed E-state index contributed by atoms with van der Waals surface area (Å²) >= 11 is 2.95. The van der Waals surface area contributed by atoms with Gasteiger partial charge in [0.2, 0.25) is 0 Å². The molecule has 1 aliphatic rings. The first-order valence-corrected chi connectivity index (χ1v) is 12.2. The van der Waals surface area contributed by atoms with Gasteiger partial charge >= 0.3 is 0 Å². The molecule has 166 valence electrons. The van der Waals surface area contributed by atoms with Crippen molar-refractivity contribution in [3.63, 3.8) is 0 Å². The molecule has 9 heteroatoms. The van der Waals surface area contributed by atoms with Gasteiger partial charge in [-0.15, -0.1) is 11.3 Å². The third-order valence-corrected chi connectivity index (χ3v) is 7.85. The lowest BCUT2D eigenvalue weighted by Gasteiger charge is -2.28. The van der Waals surface area contributed by atoms with Crippen molar-refractivity contribution < 1.29 is 14.3 Å². The summed E-state index contributed by atoms with van der Waals surface area (Å²) in [6.45, 7) is 6.54. The molecule has 0 bridgehead atoms. The van der Waals surface area contributed by atoms with Crippen molar-refractivity contribution in [3.8, 4) is 5.75 Å². The molecule has 1 amide bonds. The zero-order valence-electron chi connectivity index (χ0n) is 18.0. The lowest BCUT2D eigenvalue weighted by atomic mass is 10.2. The fourth-order valence-corrected chi connectivity index (χ4v) is 5.80. The highest BCUT2D eigenvalue weighted by atomic mass is 32.1. The van der Waals surface area contributed by atoms with Crippen LogP contribution in [0, 0.1) is 6.92 Å². The van der Waals surface area contributed by atoms with E-state index in [0.29, 0.717) is 22.4 Å². The maximum absolute atomic E-state index is 13.7. The van der Waals surface area contributed by atoms with Crippen molar-refractivity contribution in [3.05, 3.63) is 47.0 Å². The molecule has 0 atom stereocenters. The summed E-state index contributed by atoms with van der Waals surface area (Å²) in [6, 6.07) is 11.8. The molecule has 1 saturated heterocycles. The summed E-state index contributed by atoms with van der Waals surface area (Å²) < 4.78 is 13.0. The number of anilines is 1. The number of nitrogens with zero attached hydrogens (tertiary/aromatic N) is 4. The van der Waals surface area contributed by atoms with Gasteiger partial charge in [0.1, 0.15) is 11.3 Å². The monoisotopic (exact) mass is 468 g/mol. The van der Waals surface area contributed by atoms with Crippen LogP contribution in [0.1, 0.15) is 15.4 Å². The van der Waals surface area contributed by atoms with Gasteiger partial charge in [0, 0.05) is 26.2 Å². The van der Waals surface area contributed by atoms with Crippen molar-refractivity contribution >= 4 is 54.1 Å². The first kappa shape index (κ1) is 21.3. The van der Waals surface area contributed by atoms with Crippen LogP contribution in [-0.2, 0) is 4.74 Å². The predicted octanol–water partition coefficient (Wildman–Crippen LogP) is 4.20. The highest BCUT2D eigenvalue weighted by molar-refractivity contribution is 7.23. The Labute approximate surface area is 194 Å². The second-order valence-electron chi connectivity index (χ2n) is 7.66. The van der Waals surface area contributed by atoms with Gasteiger partial charge in [0.25, 0.3) is 5.91 Å². The number of aromatic nitrogens is 2. The number of thiazole rings is 2.